The first-order chi connectivity index (χ1) is 12.8. The molecule has 0 spiro atoms. The predicted octanol–water partition coefficient (Wildman–Crippen LogP) is 1.30. The monoisotopic (exact) mass is 363 g/mol. The number of ether oxygens (including phenoxy) is 1. The number of hydrogen-bond acceptors (Lipinski definition) is 5. The van der Waals surface area contributed by atoms with Crippen LogP contribution in [0.4, 0.5) is 0 Å². The minimum absolute atomic E-state index is 0.206. The van der Waals surface area contributed by atoms with Crippen LogP contribution in [0.5, 0.6) is 0 Å². The lowest BCUT2D eigenvalue weighted by Gasteiger charge is -2.30. The smallest absolute Gasteiger partial charge is 0.191 e. The Morgan fingerprint density at radius 2 is 2.15 bits per heavy atom. The Hall–Kier alpha value is -1.57. The van der Waals surface area contributed by atoms with Crippen LogP contribution in [0.3, 0.4) is 0 Å². The molecule has 3 rings (SSSR count). The van der Waals surface area contributed by atoms with Gasteiger partial charge in [0.25, 0.3) is 0 Å². The number of nitrogens with one attached hydrogen (secondary N) is 2. The van der Waals surface area contributed by atoms with Crippen molar-refractivity contribution in [1.82, 2.24) is 20.4 Å². The van der Waals surface area contributed by atoms with E-state index in [2.05, 4.69) is 40.5 Å². The van der Waals surface area contributed by atoms with Gasteiger partial charge in [-0.1, -0.05) is 0 Å². The Morgan fingerprint density at radius 1 is 1.31 bits per heavy atom. The first kappa shape index (κ1) is 19.2. The number of furan rings is 1. The van der Waals surface area contributed by atoms with Crippen molar-refractivity contribution in [1.29, 1.82) is 0 Å². The van der Waals surface area contributed by atoms with E-state index in [-0.39, 0.29) is 12.1 Å². The average Bonchev–Trinajstić information content (AvgIpc) is 3.34. The summed E-state index contributed by atoms with van der Waals surface area (Å²) >= 11 is 0. The maximum Gasteiger partial charge on any atom is 0.191 e. The molecule has 7 heteroatoms. The van der Waals surface area contributed by atoms with Crippen molar-refractivity contribution >= 4 is 5.96 Å². The summed E-state index contributed by atoms with van der Waals surface area (Å²) in [6, 6.07) is 4.23. The van der Waals surface area contributed by atoms with E-state index in [1.54, 1.807) is 6.26 Å². The first-order valence-corrected chi connectivity index (χ1v) is 9.86. The molecule has 146 valence electrons. The Balaban J connectivity index is 1.59. The molecule has 0 bridgehead atoms. The van der Waals surface area contributed by atoms with Crippen LogP contribution in [-0.2, 0) is 4.74 Å². The van der Waals surface area contributed by atoms with Gasteiger partial charge < -0.3 is 24.7 Å². The van der Waals surface area contributed by atoms with Crippen LogP contribution in [-0.4, -0.2) is 81.3 Å². The summed E-state index contributed by atoms with van der Waals surface area (Å²) in [7, 11) is 2.14. The molecule has 0 amide bonds. The van der Waals surface area contributed by atoms with Crippen molar-refractivity contribution in [2.45, 2.75) is 31.9 Å². The lowest BCUT2D eigenvalue weighted by atomic mass is 10.2. The second-order valence-corrected chi connectivity index (χ2v) is 7.13. The number of nitrogens with zero attached hydrogens (tertiary/aromatic N) is 3. The van der Waals surface area contributed by atoms with Crippen molar-refractivity contribution in [3.05, 3.63) is 24.2 Å². The molecule has 7 nitrogen and oxygen atoms in total. The Kier molecular flexibility index (Phi) is 7.34. The van der Waals surface area contributed by atoms with Crippen LogP contribution in [0, 0.1) is 0 Å². The molecule has 2 aliphatic rings. The van der Waals surface area contributed by atoms with E-state index >= 15 is 0 Å². The zero-order valence-corrected chi connectivity index (χ0v) is 16.1. The fraction of sp³-hybridized carbons (Fsp3) is 0.737. The van der Waals surface area contributed by atoms with E-state index in [1.807, 2.05) is 6.07 Å². The number of likely N-dealkylation sites (N-methyl/N-ethyl adjacent to an activating group) is 1. The third kappa shape index (κ3) is 5.46. The van der Waals surface area contributed by atoms with Crippen LogP contribution in [0.2, 0.25) is 0 Å². The fourth-order valence-corrected chi connectivity index (χ4v) is 3.64. The van der Waals surface area contributed by atoms with E-state index in [9.17, 15) is 0 Å². The predicted molar refractivity (Wildman–Crippen MR) is 103 cm³/mol. The molecule has 2 saturated heterocycles. The van der Waals surface area contributed by atoms with Gasteiger partial charge in [0.2, 0.25) is 0 Å². The lowest BCUT2D eigenvalue weighted by Crippen LogP contribution is -2.48. The van der Waals surface area contributed by atoms with Crippen LogP contribution in [0.1, 0.15) is 31.6 Å². The topological polar surface area (TPSA) is 65.3 Å². The zero-order valence-electron chi connectivity index (χ0n) is 16.1. The van der Waals surface area contributed by atoms with Crippen LogP contribution < -0.4 is 10.6 Å². The van der Waals surface area contributed by atoms with Crippen molar-refractivity contribution in [3.63, 3.8) is 0 Å². The molecule has 2 fully saturated rings. The number of morpholine rings is 1. The van der Waals surface area contributed by atoms with Crippen molar-refractivity contribution < 1.29 is 9.15 Å². The molecule has 0 saturated carbocycles. The highest BCUT2D eigenvalue weighted by atomic mass is 16.5. The second-order valence-electron chi connectivity index (χ2n) is 7.13. The van der Waals surface area contributed by atoms with Crippen LogP contribution in [0.15, 0.2) is 27.8 Å². The van der Waals surface area contributed by atoms with E-state index in [1.165, 1.54) is 12.8 Å². The van der Waals surface area contributed by atoms with Crippen LogP contribution >= 0.6 is 0 Å². The molecule has 3 heterocycles. The van der Waals surface area contributed by atoms with Gasteiger partial charge in [0.15, 0.2) is 5.96 Å². The fourth-order valence-electron chi connectivity index (χ4n) is 3.64. The van der Waals surface area contributed by atoms with Gasteiger partial charge >= 0.3 is 0 Å². The van der Waals surface area contributed by atoms with Gasteiger partial charge in [-0.2, -0.15) is 0 Å². The molecule has 26 heavy (non-hydrogen) atoms. The molecule has 2 aliphatic heterocycles. The van der Waals surface area contributed by atoms with E-state index in [0.717, 1.165) is 57.6 Å². The molecule has 2 unspecified atom stereocenters. The van der Waals surface area contributed by atoms with E-state index < -0.39 is 0 Å². The molecule has 2 N–H and O–H groups in total. The van der Waals surface area contributed by atoms with Gasteiger partial charge in [0, 0.05) is 26.2 Å². The molecule has 0 aliphatic carbocycles. The third-order valence-electron chi connectivity index (χ3n) is 5.06. The Morgan fingerprint density at radius 3 is 2.85 bits per heavy atom. The van der Waals surface area contributed by atoms with Crippen molar-refractivity contribution in [2.24, 2.45) is 4.99 Å². The highest BCUT2D eigenvalue weighted by Gasteiger charge is 2.25. The SMILES string of the molecule is CCNC(=NCC(c1ccco1)N1CCCC1)NCC1CN(C)CCO1. The van der Waals surface area contributed by atoms with E-state index in [4.69, 9.17) is 14.1 Å². The lowest BCUT2D eigenvalue weighted by molar-refractivity contribution is -0.0161. The van der Waals surface area contributed by atoms with Gasteiger partial charge in [0.1, 0.15) is 5.76 Å². The summed E-state index contributed by atoms with van der Waals surface area (Å²) in [6.45, 7) is 9.38. The first-order valence-electron chi connectivity index (χ1n) is 9.86. The van der Waals surface area contributed by atoms with Crippen molar-refractivity contribution in [2.75, 3.05) is 59.5 Å². The number of likely N-dealkylation sites (tertiary alicyclic amines) is 1. The summed E-state index contributed by atoms with van der Waals surface area (Å²) in [4.78, 5) is 9.62. The van der Waals surface area contributed by atoms with E-state index in [0.29, 0.717) is 6.54 Å². The van der Waals surface area contributed by atoms with Gasteiger partial charge in [-0.15, -0.1) is 0 Å². The standard InChI is InChI=1S/C19H33N5O2/c1-3-20-19(21-13-16-15-23(2)10-12-25-16)22-14-17(18-7-6-11-26-18)24-8-4-5-9-24/h6-7,11,16-17H,3-5,8-10,12-15H2,1-2H3,(H2,20,21,22). The average molecular weight is 364 g/mol. The Labute approximate surface area is 156 Å². The quantitative estimate of drug-likeness (QED) is 0.562. The highest BCUT2D eigenvalue weighted by molar-refractivity contribution is 5.79. The maximum absolute atomic E-state index is 5.83. The largest absolute Gasteiger partial charge is 0.468 e. The van der Waals surface area contributed by atoms with Gasteiger partial charge in [-0.25, -0.2) is 0 Å². The summed E-state index contributed by atoms with van der Waals surface area (Å²) in [5, 5.41) is 6.79. The molecular weight excluding hydrogens is 330 g/mol. The van der Waals surface area contributed by atoms with Gasteiger partial charge in [0.05, 0.1) is 31.6 Å². The highest BCUT2D eigenvalue weighted by Crippen LogP contribution is 2.25. The summed E-state index contributed by atoms with van der Waals surface area (Å²) < 4.78 is 11.5. The molecule has 2 atom stereocenters. The molecule has 1 aromatic heterocycles. The number of aliphatic imine (C=N–C) groups is 1. The molecule has 0 aromatic carbocycles. The van der Waals surface area contributed by atoms with Crippen LogP contribution in [0.25, 0.3) is 0 Å². The zero-order chi connectivity index (χ0) is 18.2. The minimum atomic E-state index is 0.206. The van der Waals surface area contributed by atoms with Gasteiger partial charge in [-0.3, -0.25) is 9.89 Å². The number of hydrogen-bond donors (Lipinski definition) is 2. The maximum atomic E-state index is 5.83. The third-order valence-corrected chi connectivity index (χ3v) is 5.06. The number of guanidine groups is 1. The number of rotatable bonds is 7. The molecule has 0 radical (unpaired) electrons. The second kappa shape index (κ2) is 9.94. The summed E-state index contributed by atoms with van der Waals surface area (Å²) in [5.41, 5.74) is 0. The Bertz CT molecular complexity index is 542. The molecule has 1 aromatic rings. The van der Waals surface area contributed by atoms with Gasteiger partial charge in [-0.05, 0) is 52.0 Å². The summed E-state index contributed by atoms with van der Waals surface area (Å²) in [5.74, 6) is 1.85. The molecular formula is C19H33N5O2. The normalized spacial score (nSPS) is 23.9. The summed E-state index contributed by atoms with van der Waals surface area (Å²) in [6.07, 6.45) is 4.47. The van der Waals surface area contributed by atoms with Crippen molar-refractivity contribution in [3.8, 4) is 0 Å². The minimum Gasteiger partial charge on any atom is -0.468 e.